The summed E-state index contributed by atoms with van der Waals surface area (Å²) in [5, 5.41) is 5.05. The van der Waals surface area contributed by atoms with Crippen LogP contribution in [0, 0.1) is 0 Å². The molecular formula is C14H26N2O2S3. The van der Waals surface area contributed by atoms with Crippen LogP contribution in [0.25, 0.3) is 0 Å². The molecule has 1 unspecified atom stereocenters. The molecule has 1 aromatic heterocycles. The minimum absolute atomic E-state index is 0.0436. The SMILES string of the molecule is CCC(CSC)N(C)S(=O)(=O)c1csc(CNC(C)C)c1. The lowest BCUT2D eigenvalue weighted by atomic mass is 10.3. The smallest absolute Gasteiger partial charge is 0.243 e. The van der Waals surface area contributed by atoms with E-state index in [1.54, 1.807) is 30.3 Å². The Balaban J connectivity index is 2.87. The molecule has 0 aliphatic rings. The van der Waals surface area contributed by atoms with E-state index in [0.29, 0.717) is 17.5 Å². The Hall–Kier alpha value is -0.0800. The molecule has 0 saturated heterocycles. The van der Waals surface area contributed by atoms with Gasteiger partial charge in [0.2, 0.25) is 10.0 Å². The third kappa shape index (κ3) is 5.25. The zero-order valence-corrected chi connectivity index (χ0v) is 15.9. The van der Waals surface area contributed by atoms with E-state index in [1.165, 1.54) is 15.6 Å². The minimum atomic E-state index is -3.39. The summed E-state index contributed by atoms with van der Waals surface area (Å²) in [7, 11) is -1.70. The number of sulfonamides is 1. The fraction of sp³-hybridized carbons (Fsp3) is 0.714. The lowest BCUT2D eigenvalue weighted by molar-refractivity contribution is 0.385. The minimum Gasteiger partial charge on any atom is -0.310 e. The summed E-state index contributed by atoms with van der Waals surface area (Å²) in [4.78, 5) is 1.46. The summed E-state index contributed by atoms with van der Waals surface area (Å²) in [5.74, 6) is 0.818. The van der Waals surface area contributed by atoms with Crippen LogP contribution in [-0.2, 0) is 16.6 Å². The fourth-order valence-electron chi connectivity index (χ4n) is 1.93. The number of thioether (sulfide) groups is 1. The first-order valence-electron chi connectivity index (χ1n) is 7.10. The molecule has 0 amide bonds. The van der Waals surface area contributed by atoms with Crippen molar-refractivity contribution in [2.24, 2.45) is 0 Å². The van der Waals surface area contributed by atoms with Gasteiger partial charge >= 0.3 is 0 Å². The van der Waals surface area contributed by atoms with Crippen LogP contribution in [0.5, 0.6) is 0 Å². The van der Waals surface area contributed by atoms with E-state index in [9.17, 15) is 8.42 Å². The molecule has 4 nitrogen and oxygen atoms in total. The predicted octanol–water partition coefficient (Wildman–Crippen LogP) is 3.01. The molecule has 0 bridgehead atoms. The van der Waals surface area contributed by atoms with Gasteiger partial charge in [-0.15, -0.1) is 11.3 Å². The van der Waals surface area contributed by atoms with Crippen molar-refractivity contribution in [3.8, 4) is 0 Å². The van der Waals surface area contributed by atoms with E-state index in [0.717, 1.165) is 17.1 Å². The predicted molar refractivity (Wildman–Crippen MR) is 93.7 cm³/mol. The average molecular weight is 351 g/mol. The molecule has 21 heavy (non-hydrogen) atoms. The van der Waals surface area contributed by atoms with Crippen molar-refractivity contribution in [1.29, 1.82) is 0 Å². The number of thiophene rings is 1. The van der Waals surface area contributed by atoms with E-state index in [2.05, 4.69) is 19.2 Å². The topological polar surface area (TPSA) is 49.4 Å². The molecule has 0 fully saturated rings. The first kappa shape index (κ1) is 19.0. The molecule has 0 radical (unpaired) electrons. The third-order valence-electron chi connectivity index (χ3n) is 3.34. The van der Waals surface area contributed by atoms with Crippen LogP contribution in [0.4, 0.5) is 0 Å². The van der Waals surface area contributed by atoms with Gasteiger partial charge in [0.25, 0.3) is 0 Å². The Morgan fingerprint density at radius 1 is 1.43 bits per heavy atom. The molecule has 0 spiro atoms. The van der Waals surface area contributed by atoms with Crippen molar-refractivity contribution in [2.45, 2.75) is 50.7 Å². The van der Waals surface area contributed by atoms with Gasteiger partial charge in [-0.1, -0.05) is 20.8 Å². The summed E-state index contributed by atoms with van der Waals surface area (Å²) in [6, 6.07) is 2.22. The van der Waals surface area contributed by atoms with Crippen LogP contribution in [0.1, 0.15) is 32.1 Å². The molecule has 1 atom stereocenters. The second kappa shape index (κ2) is 8.53. The molecule has 0 saturated carbocycles. The monoisotopic (exact) mass is 350 g/mol. The second-order valence-corrected chi connectivity index (χ2v) is 9.23. The molecule has 0 aromatic carbocycles. The molecule has 1 heterocycles. The molecular weight excluding hydrogens is 324 g/mol. The maximum absolute atomic E-state index is 12.7. The summed E-state index contributed by atoms with van der Waals surface area (Å²) in [5.41, 5.74) is 0. The van der Waals surface area contributed by atoms with E-state index < -0.39 is 10.0 Å². The summed E-state index contributed by atoms with van der Waals surface area (Å²) in [6.45, 7) is 6.89. The van der Waals surface area contributed by atoms with Crippen LogP contribution in [0.15, 0.2) is 16.3 Å². The highest BCUT2D eigenvalue weighted by Crippen LogP contribution is 2.24. The van der Waals surface area contributed by atoms with Crippen molar-refractivity contribution < 1.29 is 8.42 Å². The Morgan fingerprint density at radius 3 is 2.62 bits per heavy atom. The van der Waals surface area contributed by atoms with E-state index in [-0.39, 0.29) is 6.04 Å². The lowest BCUT2D eigenvalue weighted by Gasteiger charge is -2.25. The fourth-order valence-corrected chi connectivity index (χ4v) is 5.51. The van der Waals surface area contributed by atoms with Gasteiger partial charge in [0.15, 0.2) is 0 Å². The normalized spacial score (nSPS) is 14.0. The molecule has 1 rings (SSSR count). The molecule has 7 heteroatoms. The summed E-state index contributed by atoms with van der Waals surface area (Å²) < 4.78 is 26.8. The number of nitrogens with one attached hydrogen (secondary N) is 1. The summed E-state index contributed by atoms with van der Waals surface area (Å²) in [6.07, 6.45) is 2.83. The first-order valence-corrected chi connectivity index (χ1v) is 10.8. The average Bonchev–Trinajstić information content (AvgIpc) is 2.91. The Morgan fingerprint density at radius 2 is 2.10 bits per heavy atom. The van der Waals surface area contributed by atoms with Crippen LogP contribution in [0.2, 0.25) is 0 Å². The molecule has 0 aliphatic heterocycles. The Labute approximate surface area is 137 Å². The van der Waals surface area contributed by atoms with E-state index in [4.69, 9.17) is 0 Å². The largest absolute Gasteiger partial charge is 0.310 e. The highest BCUT2D eigenvalue weighted by Gasteiger charge is 2.27. The second-order valence-electron chi connectivity index (χ2n) is 5.32. The zero-order valence-electron chi connectivity index (χ0n) is 13.4. The maximum Gasteiger partial charge on any atom is 0.243 e. The van der Waals surface area contributed by atoms with Gasteiger partial charge < -0.3 is 5.32 Å². The van der Waals surface area contributed by atoms with Crippen molar-refractivity contribution >= 4 is 33.1 Å². The van der Waals surface area contributed by atoms with Gasteiger partial charge in [0, 0.05) is 41.7 Å². The van der Waals surface area contributed by atoms with Gasteiger partial charge in [-0.25, -0.2) is 8.42 Å². The Bertz CT molecular complexity index is 526. The quantitative estimate of drug-likeness (QED) is 0.744. The highest BCUT2D eigenvalue weighted by atomic mass is 32.2. The molecule has 1 N–H and O–H groups in total. The third-order valence-corrected chi connectivity index (χ3v) is 7.03. The van der Waals surface area contributed by atoms with Gasteiger partial charge in [-0.2, -0.15) is 16.1 Å². The van der Waals surface area contributed by atoms with Crippen LogP contribution in [-0.4, -0.2) is 43.9 Å². The number of hydrogen-bond acceptors (Lipinski definition) is 5. The molecule has 1 aromatic rings. The van der Waals surface area contributed by atoms with Crippen molar-refractivity contribution in [3.63, 3.8) is 0 Å². The maximum atomic E-state index is 12.7. The van der Waals surface area contributed by atoms with Crippen molar-refractivity contribution in [2.75, 3.05) is 19.1 Å². The zero-order chi connectivity index (χ0) is 16.0. The first-order chi connectivity index (χ1) is 9.82. The summed E-state index contributed by atoms with van der Waals surface area (Å²) >= 11 is 3.17. The van der Waals surface area contributed by atoms with Gasteiger partial charge in [0.05, 0.1) is 4.90 Å². The Kier molecular flexibility index (Phi) is 7.70. The van der Waals surface area contributed by atoms with Gasteiger partial charge in [-0.3, -0.25) is 0 Å². The number of rotatable bonds is 9. The van der Waals surface area contributed by atoms with Crippen LogP contribution < -0.4 is 5.32 Å². The lowest BCUT2D eigenvalue weighted by Crippen LogP contribution is -2.38. The van der Waals surface area contributed by atoms with E-state index in [1.807, 2.05) is 13.2 Å². The van der Waals surface area contributed by atoms with Gasteiger partial charge in [0.1, 0.15) is 0 Å². The van der Waals surface area contributed by atoms with Gasteiger partial charge in [-0.05, 0) is 18.7 Å². The highest BCUT2D eigenvalue weighted by molar-refractivity contribution is 7.98. The van der Waals surface area contributed by atoms with Crippen molar-refractivity contribution in [3.05, 3.63) is 16.3 Å². The molecule has 122 valence electrons. The van der Waals surface area contributed by atoms with Crippen molar-refractivity contribution in [1.82, 2.24) is 9.62 Å². The molecule has 0 aliphatic carbocycles. The van der Waals surface area contributed by atoms with Crippen LogP contribution in [0.3, 0.4) is 0 Å². The van der Waals surface area contributed by atoms with Crippen LogP contribution >= 0.6 is 23.1 Å². The standard InChI is InChI=1S/C14H26N2O2S3/c1-6-12(9-19-5)16(4)21(17,18)14-7-13(20-10-14)8-15-11(2)3/h7,10-12,15H,6,8-9H2,1-5H3. The number of nitrogens with zero attached hydrogens (tertiary/aromatic N) is 1. The number of hydrogen-bond donors (Lipinski definition) is 1. The van der Waals surface area contributed by atoms with E-state index >= 15 is 0 Å².